The van der Waals surface area contributed by atoms with Gasteiger partial charge in [-0.05, 0) is 37.1 Å². The maximum Gasteiger partial charge on any atom is 0.118 e. The zero-order chi connectivity index (χ0) is 12.8. The number of hydrogen-bond acceptors (Lipinski definition) is 2. The van der Waals surface area contributed by atoms with E-state index in [0.717, 1.165) is 11.7 Å². The molecule has 1 aromatic rings. The SMILES string of the molecule is CNC(CC1CCCCC1)c1ccc(OC)cc1.Cl. The molecule has 1 aliphatic rings. The van der Waals surface area contributed by atoms with E-state index in [2.05, 4.69) is 36.6 Å². The molecular formula is C16H26ClNO. The van der Waals surface area contributed by atoms with E-state index in [4.69, 9.17) is 4.74 Å². The Morgan fingerprint density at radius 3 is 2.32 bits per heavy atom. The van der Waals surface area contributed by atoms with Crippen LogP contribution in [0.15, 0.2) is 24.3 Å². The molecular weight excluding hydrogens is 258 g/mol. The third-order valence-electron chi connectivity index (χ3n) is 4.16. The van der Waals surface area contributed by atoms with Gasteiger partial charge in [0.1, 0.15) is 5.75 Å². The molecule has 1 unspecified atom stereocenters. The van der Waals surface area contributed by atoms with Crippen molar-refractivity contribution in [3.8, 4) is 5.75 Å². The topological polar surface area (TPSA) is 21.3 Å². The van der Waals surface area contributed by atoms with Crippen molar-refractivity contribution in [3.05, 3.63) is 29.8 Å². The maximum atomic E-state index is 5.21. The largest absolute Gasteiger partial charge is 0.497 e. The molecule has 0 radical (unpaired) electrons. The Kier molecular flexibility index (Phi) is 7.25. The Morgan fingerprint density at radius 2 is 1.79 bits per heavy atom. The quantitative estimate of drug-likeness (QED) is 0.867. The number of benzene rings is 1. The Bertz CT molecular complexity index is 346. The highest BCUT2D eigenvalue weighted by Gasteiger charge is 2.19. The number of methoxy groups -OCH3 is 1. The summed E-state index contributed by atoms with van der Waals surface area (Å²) in [4.78, 5) is 0. The molecule has 1 aliphatic carbocycles. The van der Waals surface area contributed by atoms with Crippen LogP contribution in [0.5, 0.6) is 5.75 Å². The Balaban J connectivity index is 0.00000180. The summed E-state index contributed by atoms with van der Waals surface area (Å²) >= 11 is 0. The molecule has 0 aromatic heterocycles. The van der Waals surface area contributed by atoms with E-state index in [1.807, 2.05) is 0 Å². The average molecular weight is 284 g/mol. The van der Waals surface area contributed by atoms with Gasteiger partial charge in [0.25, 0.3) is 0 Å². The second-order valence-corrected chi connectivity index (χ2v) is 5.35. The molecule has 0 heterocycles. The summed E-state index contributed by atoms with van der Waals surface area (Å²) in [6.45, 7) is 0. The molecule has 0 aliphatic heterocycles. The summed E-state index contributed by atoms with van der Waals surface area (Å²) in [7, 11) is 3.78. The van der Waals surface area contributed by atoms with Gasteiger partial charge in [0.2, 0.25) is 0 Å². The third kappa shape index (κ3) is 4.70. The third-order valence-corrected chi connectivity index (χ3v) is 4.16. The molecule has 1 N–H and O–H groups in total. The van der Waals surface area contributed by atoms with Crippen molar-refractivity contribution in [2.75, 3.05) is 14.2 Å². The predicted octanol–water partition coefficient (Wildman–Crippen LogP) is 4.35. The lowest BCUT2D eigenvalue weighted by Crippen LogP contribution is -2.21. The summed E-state index contributed by atoms with van der Waals surface area (Å²) < 4.78 is 5.21. The van der Waals surface area contributed by atoms with Gasteiger partial charge in [-0.1, -0.05) is 44.2 Å². The number of nitrogens with one attached hydrogen (secondary N) is 1. The van der Waals surface area contributed by atoms with Crippen molar-refractivity contribution in [2.45, 2.75) is 44.6 Å². The van der Waals surface area contributed by atoms with E-state index in [0.29, 0.717) is 6.04 Å². The first kappa shape index (κ1) is 16.3. The van der Waals surface area contributed by atoms with Gasteiger partial charge in [0.05, 0.1) is 7.11 Å². The summed E-state index contributed by atoms with van der Waals surface area (Å²) in [5.41, 5.74) is 1.38. The van der Waals surface area contributed by atoms with Gasteiger partial charge in [-0.2, -0.15) is 0 Å². The molecule has 19 heavy (non-hydrogen) atoms. The lowest BCUT2D eigenvalue weighted by Gasteiger charge is -2.26. The fourth-order valence-corrected chi connectivity index (χ4v) is 3.01. The first-order valence-corrected chi connectivity index (χ1v) is 7.14. The lowest BCUT2D eigenvalue weighted by molar-refractivity contribution is 0.305. The van der Waals surface area contributed by atoms with Crippen molar-refractivity contribution in [3.63, 3.8) is 0 Å². The van der Waals surface area contributed by atoms with Crippen LogP contribution in [0.4, 0.5) is 0 Å². The summed E-state index contributed by atoms with van der Waals surface area (Å²) in [5.74, 6) is 1.84. The highest BCUT2D eigenvalue weighted by Crippen LogP contribution is 2.32. The molecule has 0 bridgehead atoms. The van der Waals surface area contributed by atoms with Gasteiger partial charge >= 0.3 is 0 Å². The van der Waals surface area contributed by atoms with Crippen LogP contribution >= 0.6 is 12.4 Å². The standard InChI is InChI=1S/C16H25NO.ClH/c1-17-16(12-13-6-4-3-5-7-13)14-8-10-15(18-2)11-9-14;/h8-11,13,16-17H,3-7,12H2,1-2H3;1H. The van der Waals surface area contributed by atoms with Crippen molar-refractivity contribution < 1.29 is 4.74 Å². The van der Waals surface area contributed by atoms with Crippen LogP contribution < -0.4 is 10.1 Å². The Hall–Kier alpha value is -0.730. The minimum atomic E-state index is 0. The van der Waals surface area contributed by atoms with Crippen molar-refractivity contribution in [2.24, 2.45) is 5.92 Å². The van der Waals surface area contributed by atoms with Gasteiger partial charge < -0.3 is 10.1 Å². The van der Waals surface area contributed by atoms with Crippen LogP contribution in [0, 0.1) is 5.92 Å². The van der Waals surface area contributed by atoms with E-state index in [1.165, 1.54) is 44.1 Å². The second kappa shape index (κ2) is 8.44. The maximum absolute atomic E-state index is 5.21. The van der Waals surface area contributed by atoms with E-state index < -0.39 is 0 Å². The smallest absolute Gasteiger partial charge is 0.118 e. The summed E-state index contributed by atoms with van der Waals surface area (Å²) in [5, 5.41) is 3.46. The molecule has 2 rings (SSSR count). The van der Waals surface area contributed by atoms with Crippen molar-refractivity contribution in [1.29, 1.82) is 0 Å². The molecule has 108 valence electrons. The van der Waals surface area contributed by atoms with Crippen LogP contribution in [0.25, 0.3) is 0 Å². The minimum absolute atomic E-state index is 0. The van der Waals surface area contributed by atoms with Crippen LogP contribution in [-0.2, 0) is 0 Å². The van der Waals surface area contributed by atoms with Crippen molar-refractivity contribution in [1.82, 2.24) is 5.32 Å². The van der Waals surface area contributed by atoms with Crippen molar-refractivity contribution >= 4 is 12.4 Å². The average Bonchev–Trinajstić information content (AvgIpc) is 2.46. The number of hydrogen-bond donors (Lipinski definition) is 1. The van der Waals surface area contributed by atoms with E-state index >= 15 is 0 Å². The van der Waals surface area contributed by atoms with Crippen LogP contribution in [0.2, 0.25) is 0 Å². The fourth-order valence-electron chi connectivity index (χ4n) is 3.01. The van der Waals surface area contributed by atoms with Gasteiger partial charge in [-0.25, -0.2) is 0 Å². The molecule has 0 spiro atoms. The monoisotopic (exact) mass is 283 g/mol. The molecule has 2 nitrogen and oxygen atoms in total. The molecule has 1 fully saturated rings. The zero-order valence-corrected chi connectivity index (χ0v) is 12.8. The van der Waals surface area contributed by atoms with E-state index in [9.17, 15) is 0 Å². The summed E-state index contributed by atoms with van der Waals surface area (Å²) in [6.07, 6.45) is 8.36. The normalized spacial score (nSPS) is 17.6. The highest BCUT2D eigenvalue weighted by atomic mass is 35.5. The zero-order valence-electron chi connectivity index (χ0n) is 12.0. The van der Waals surface area contributed by atoms with Crippen LogP contribution in [0.3, 0.4) is 0 Å². The minimum Gasteiger partial charge on any atom is -0.497 e. The number of halogens is 1. The molecule has 1 aromatic carbocycles. The van der Waals surface area contributed by atoms with Gasteiger partial charge in [0.15, 0.2) is 0 Å². The number of ether oxygens (including phenoxy) is 1. The Labute approximate surface area is 123 Å². The van der Waals surface area contributed by atoms with Crippen LogP contribution in [-0.4, -0.2) is 14.2 Å². The van der Waals surface area contributed by atoms with Crippen LogP contribution in [0.1, 0.15) is 50.1 Å². The van der Waals surface area contributed by atoms with Gasteiger partial charge in [0, 0.05) is 6.04 Å². The highest BCUT2D eigenvalue weighted by molar-refractivity contribution is 5.85. The lowest BCUT2D eigenvalue weighted by atomic mass is 9.83. The molecule has 0 saturated heterocycles. The Morgan fingerprint density at radius 1 is 1.16 bits per heavy atom. The van der Waals surface area contributed by atoms with E-state index in [1.54, 1.807) is 7.11 Å². The molecule has 1 saturated carbocycles. The predicted molar refractivity (Wildman–Crippen MR) is 83.2 cm³/mol. The van der Waals surface area contributed by atoms with E-state index in [-0.39, 0.29) is 12.4 Å². The first-order chi connectivity index (χ1) is 8.83. The van der Waals surface area contributed by atoms with Gasteiger partial charge in [-0.3, -0.25) is 0 Å². The first-order valence-electron chi connectivity index (χ1n) is 7.14. The number of rotatable bonds is 5. The second-order valence-electron chi connectivity index (χ2n) is 5.35. The fraction of sp³-hybridized carbons (Fsp3) is 0.625. The molecule has 3 heteroatoms. The van der Waals surface area contributed by atoms with Gasteiger partial charge in [-0.15, -0.1) is 12.4 Å². The molecule has 1 atom stereocenters. The molecule has 0 amide bonds. The summed E-state index contributed by atoms with van der Waals surface area (Å²) in [6, 6.07) is 8.96.